The molecule has 158 valence electrons. The zero-order valence-corrected chi connectivity index (χ0v) is 18.8. The third-order valence-electron chi connectivity index (χ3n) is 4.74. The molecule has 6 heteroatoms. The number of nitrogens with zero attached hydrogens (tertiary/aromatic N) is 2. The molecule has 0 saturated heterocycles. The molecule has 1 amide bonds. The van der Waals surface area contributed by atoms with Crippen LogP contribution < -0.4 is 4.74 Å². The zero-order valence-electron chi connectivity index (χ0n) is 17.3. The Morgan fingerprint density at radius 2 is 1.68 bits per heavy atom. The molecule has 0 atom stereocenters. The zero-order chi connectivity index (χ0) is 22.1. The van der Waals surface area contributed by atoms with Gasteiger partial charge in [0.15, 0.2) is 0 Å². The average Bonchev–Trinajstić information content (AvgIpc) is 2.81. The summed E-state index contributed by atoms with van der Waals surface area (Å²) >= 11 is 3.47. The molecule has 3 rings (SSSR count). The van der Waals surface area contributed by atoms with Gasteiger partial charge in [-0.1, -0.05) is 36.4 Å². The minimum Gasteiger partial charge on any atom is -0.488 e. The van der Waals surface area contributed by atoms with E-state index in [1.165, 1.54) is 0 Å². The standard InChI is InChI=1S/C25H23BrN2O3/c1-30-15-14-28(17-20-8-6-19(16-27)7-9-20)25(29)22-12-10-21(11-13-22)18-31-24-5-3-2-4-23(24)26/h2-13H,14-15,17-18H2,1H3. The number of ether oxygens (including phenoxy) is 2. The lowest BCUT2D eigenvalue weighted by molar-refractivity contribution is 0.0680. The number of halogens is 1. The first-order valence-electron chi connectivity index (χ1n) is 9.84. The minimum absolute atomic E-state index is 0.0697. The number of hydrogen-bond donors (Lipinski definition) is 0. The van der Waals surface area contributed by atoms with Crippen molar-refractivity contribution < 1.29 is 14.3 Å². The fourth-order valence-corrected chi connectivity index (χ4v) is 3.41. The summed E-state index contributed by atoms with van der Waals surface area (Å²) < 4.78 is 11.9. The van der Waals surface area contributed by atoms with E-state index >= 15 is 0 Å². The molecule has 0 aromatic heterocycles. The number of amides is 1. The smallest absolute Gasteiger partial charge is 0.254 e. The molecule has 0 aliphatic carbocycles. The summed E-state index contributed by atoms with van der Waals surface area (Å²) in [5.41, 5.74) is 3.14. The number of benzene rings is 3. The molecule has 3 aromatic rings. The van der Waals surface area contributed by atoms with Crippen molar-refractivity contribution in [3.63, 3.8) is 0 Å². The third kappa shape index (κ3) is 6.42. The Labute approximate surface area is 191 Å². The van der Waals surface area contributed by atoms with Gasteiger partial charge in [-0.2, -0.15) is 5.26 Å². The minimum atomic E-state index is -0.0697. The van der Waals surface area contributed by atoms with Gasteiger partial charge in [0.2, 0.25) is 0 Å². The Bertz CT molecular complexity index is 1040. The van der Waals surface area contributed by atoms with Gasteiger partial charge >= 0.3 is 0 Å². The highest BCUT2D eigenvalue weighted by molar-refractivity contribution is 9.10. The van der Waals surface area contributed by atoms with E-state index in [9.17, 15) is 4.79 Å². The van der Waals surface area contributed by atoms with Crippen LogP contribution in [-0.2, 0) is 17.9 Å². The molecule has 3 aromatic carbocycles. The molecule has 0 aliphatic heterocycles. The molecule has 0 radical (unpaired) electrons. The largest absolute Gasteiger partial charge is 0.488 e. The second-order valence-electron chi connectivity index (χ2n) is 6.94. The topological polar surface area (TPSA) is 62.6 Å². The maximum atomic E-state index is 13.1. The quantitative estimate of drug-likeness (QED) is 0.424. The van der Waals surface area contributed by atoms with E-state index in [0.29, 0.717) is 37.4 Å². The van der Waals surface area contributed by atoms with E-state index in [4.69, 9.17) is 14.7 Å². The molecule has 0 aliphatic rings. The molecular weight excluding hydrogens is 456 g/mol. The third-order valence-corrected chi connectivity index (χ3v) is 5.40. The number of carbonyl (C=O) groups is 1. The van der Waals surface area contributed by atoms with Crippen LogP contribution in [0.25, 0.3) is 0 Å². The van der Waals surface area contributed by atoms with Crippen molar-refractivity contribution in [3.8, 4) is 11.8 Å². The number of para-hydroxylation sites is 1. The van der Waals surface area contributed by atoms with Crippen LogP contribution in [-0.4, -0.2) is 31.1 Å². The van der Waals surface area contributed by atoms with E-state index in [-0.39, 0.29) is 5.91 Å². The average molecular weight is 479 g/mol. The summed E-state index contributed by atoms with van der Waals surface area (Å²) in [6.07, 6.45) is 0. The Morgan fingerprint density at radius 1 is 1.00 bits per heavy atom. The van der Waals surface area contributed by atoms with E-state index < -0.39 is 0 Å². The Kier molecular flexibility index (Phi) is 8.22. The molecule has 0 fully saturated rings. The molecular formula is C25H23BrN2O3. The lowest BCUT2D eigenvalue weighted by atomic mass is 10.1. The summed E-state index contributed by atoms with van der Waals surface area (Å²) in [6.45, 7) is 1.78. The highest BCUT2D eigenvalue weighted by Gasteiger charge is 2.16. The number of hydrogen-bond acceptors (Lipinski definition) is 4. The summed E-state index contributed by atoms with van der Waals surface area (Å²) in [7, 11) is 1.62. The van der Waals surface area contributed by atoms with Crippen LogP contribution in [0.5, 0.6) is 5.75 Å². The fourth-order valence-electron chi connectivity index (χ4n) is 3.01. The predicted molar refractivity (Wildman–Crippen MR) is 123 cm³/mol. The van der Waals surface area contributed by atoms with Gasteiger partial charge in [0, 0.05) is 25.8 Å². The predicted octanol–water partition coefficient (Wildman–Crippen LogP) is 5.19. The fraction of sp³-hybridized carbons (Fsp3) is 0.200. The van der Waals surface area contributed by atoms with Crippen LogP contribution in [0.1, 0.15) is 27.0 Å². The summed E-state index contributed by atoms with van der Waals surface area (Å²) in [6, 6.07) is 24.5. The van der Waals surface area contributed by atoms with Crippen LogP contribution in [0.4, 0.5) is 0 Å². The first-order valence-corrected chi connectivity index (χ1v) is 10.6. The molecule has 0 spiro atoms. The van der Waals surface area contributed by atoms with E-state index in [1.807, 2.05) is 60.7 Å². The van der Waals surface area contributed by atoms with Crippen LogP contribution in [0.15, 0.2) is 77.3 Å². The first kappa shape index (κ1) is 22.5. The molecule has 0 heterocycles. The second-order valence-corrected chi connectivity index (χ2v) is 7.80. The van der Waals surface area contributed by atoms with Crippen molar-refractivity contribution in [1.82, 2.24) is 4.90 Å². The number of nitriles is 1. The maximum Gasteiger partial charge on any atom is 0.254 e. The second kappa shape index (κ2) is 11.3. The van der Waals surface area contributed by atoms with Gasteiger partial charge < -0.3 is 14.4 Å². The van der Waals surface area contributed by atoms with Gasteiger partial charge in [0.25, 0.3) is 5.91 Å². The SMILES string of the molecule is COCCN(Cc1ccc(C#N)cc1)C(=O)c1ccc(COc2ccccc2Br)cc1. The summed E-state index contributed by atoms with van der Waals surface area (Å²) in [5.74, 6) is 0.704. The molecule has 0 bridgehead atoms. The Balaban J connectivity index is 1.67. The maximum absolute atomic E-state index is 13.1. The van der Waals surface area contributed by atoms with Gasteiger partial charge in [-0.25, -0.2) is 0 Å². The number of carbonyl (C=O) groups excluding carboxylic acids is 1. The van der Waals surface area contributed by atoms with Crippen molar-refractivity contribution >= 4 is 21.8 Å². The Morgan fingerprint density at radius 3 is 2.32 bits per heavy atom. The van der Waals surface area contributed by atoms with Gasteiger partial charge in [0.1, 0.15) is 12.4 Å². The van der Waals surface area contributed by atoms with Gasteiger partial charge in [-0.3, -0.25) is 4.79 Å². The normalized spacial score (nSPS) is 10.4. The highest BCUT2D eigenvalue weighted by atomic mass is 79.9. The van der Waals surface area contributed by atoms with Gasteiger partial charge in [-0.05, 0) is 63.5 Å². The Hall–Kier alpha value is -3.14. The molecule has 0 saturated carbocycles. The van der Waals surface area contributed by atoms with Crippen molar-refractivity contribution in [2.45, 2.75) is 13.2 Å². The monoisotopic (exact) mass is 478 g/mol. The van der Waals surface area contributed by atoms with Crippen LogP contribution in [0.3, 0.4) is 0 Å². The van der Waals surface area contributed by atoms with Crippen molar-refractivity contribution in [1.29, 1.82) is 5.26 Å². The van der Waals surface area contributed by atoms with Crippen LogP contribution in [0.2, 0.25) is 0 Å². The summed E-state index contributed by atoms with van der Waals surface area (Å²) in [4.78, 5) is 14.8. The van der Waals surface area contributed by atoms with E-state index in [1.54, 1.807) is 24.1 Å². The number of methoxy groups -OCH3 is 1. The van der Waals surface area contributed by atoms with E-state index in [0.717, 1.165) is 21.3 Å². The molecule has 0 unspecified atom stereocenters. The van der Waals surface area contributed by atoms with E-state index in [2.05, 4.69) is 22.0 Å². The lowest BCUT2D eigenvalue weighted by Gasteiger charge is -2.23. The van der Waals surface area contributed by atoms with Crippen molar-refractivity contribution in [3.05, 3.63) is 99.5 Å². The van der Waals surface area contributed by atoms with Crippen LogP contribution in [0, 0.1) is 11.3 Å². The number of rotatable bonds is 9. The lowest BCUT2D eigenvalue weighted by Crippen LogP contribution is -2.33. The summed E-state index contributed by atoms with van der Waals surface area (Å²) in [5, 5.41) is 8.96. The van der Waals surface area contributed by atoms with Crippen molar-refractivity contribution in [2.75, 3.05) is 20.3 Å². The molecule has 31 heavy (non-hydrogen) atoms. The molecule has 0 N–H and O–H groups in total. The van der Waals surface area contributed by atoms with Crippen molar-refractivity contribution in [2.24, 2.45) is 0 Å². The molecule has 5 nitrogen and oxygen atoms in total. The van der Waals surface area contributed by atoms with Crippen LogP contribution >= 0.6 is 15.9 Å². The first-order chi connectivity index (χ1) is 15.1. The highest BCUT2D eigenvalue weighted by Crippen LogP contribution is 2.24. The van der Waals surface area contributed by atoms with Gasteiger partial charge in [0.05, 0.1) is 22.7 Å². The van der Waals surface area contributed by atoms with Gasteiger partial charge in [-0.15, -0.1) is 0 Å².